The van der Waals surface area contributed by atoms with E-state index in [1.165, 1.54) is 0 Å². The SMILES string of the molecule is [N-]=[N+]=NCCc1c(Cl)cccc1Br. The van der Waals surface area contributed by atoms with E-state index < -0.39 is 0 Å². The van der Waals surface area contributed by atoms with Crippen LogP contribution in [0, 0.1) is 0 Å². The third-order valence-corrected chi connectivity index (χ3v) is 2.68. The van der Waals surface area contributed by atoms with Crippen molar-refractivity contribution in [3.05, 3.63) is 43.7 Å². The van der Waals surface area contributed by atoms with Gasteiger partial charge in [-0.3, -0.25) is 0 Å². The van der Waals surface area contributed by atoms with E-state index in [4.69, 9.17) is 17.1 Å². The van der Waals surface area contributed by atoms with Gasteiger partial charge in [0.2, 0.25) is 0 Å². The van der Waals surface area contributed by atoms with Crippen molar-refractivity contribution in [1.29, 1.82) is 0 Å². The molecule has 1 aromatic rings. The van der Waals surface area contributed by atoms with Crippen LogP contribution in [-0.2, 0) is 6.42 Å². The number of benzene rings is 1. The average Bonchev–Trinajstić information content (AvgIpc) is 2.10. The third-order valence-electron chi connectivity index (χ3n) is 1.59. The Kier molecular flexibility index (Phi) is 4.09. The van der Waals surface area contributed by atoms with Crippen LogP contribution in [0.15, 0.2) is 27.8 Å². The fraction of sp³-hybridized carbons (Fsp3) is 0.250. The summed E-state index contributed by atoms with van der Waals surface area (Å²) in [4.78, 5) is 2.68. The minimum absolute atomic E-state index is 0.429. The molecule has 13 heavy (non-hydrogen) atoms. The van der Waals surface area contributed by atoms with Gasteiger partial charge in [-0.05, 0) is 29.6 Å². The lowest BCUT2D eigenvalue weighted by atomic mass is 10.1. The Morgan fingerprint density at radius 2 is 2.31 bits per heavy atom. The van der Waals surface area contributed by atoms with E-state index in [2.05, 4.69) is 26.0 Å². The molecule has 1 rings (SSSR count). The minimum Gasteiger partial charge on any atom is -0.0936 e. The zero-order valence-corrected chi connectivity index (χ0v) is 9.09. The molecule has 68 valence electrons. The molecule has 5 heteroatoms. The molecule has 0 radical (unpaired) electrons. The minimum atomic E-state index is 0.429. The van der Waals surface area contributed by atoms with Crippen molar-refractivity contribution in [3.8, 4) is 0 Å². The molecule has 0 saturated heterocycles. The topological polar surface area (TPSA) is 48.8 Å². The molecule has 0 atom stereocenters. The van der Waals surface area contributed by atoms with Gasteiger partial charge >= 0.3 is 0 Å². The Morgan fingerprint density at radius 3 is 2.92 bits per heavy atom. The predicted molar refractivity (Wildman–Crippen MR) is 56.9 cm³/mol. The summed E-state index contributed by atoms with van der Waals surface area (Å²) in [5, 5.41) is 4.15. The quantitative estimate of drug-likeness (QED) is 0.449. The molecule has 0 heterocycles. The van der Waals surface area contributed by atoms with Crippen molar-refractivity contribution in [2.24, 2.45) is 5.11 Å². The van der Waals surface area contributed by atoms with E-state index >= 15 is 0 Å². The summed E-state index contributed by atoms with van der Waals surface area (Å²) < 4.78 is 0.952. The maximum atomic E-state index is 8.10. The molecule has 0 saturated carbocycles. The Bertz CT molecular complexity index is 327. The Labute approximate surface area is 89.5 Å². The first kappa shape index (κ1) is 10.4. The number of hydrogen-bond acceptors (Lipinski definition) is 1. The molecule has 0 fully saturated rings. The van der Waals surface area contributed by atoms with Crippen LogP contribution in [0.25, 0.3) is 10.4 Å². The highest BCUT2D eigenvalue weighted by molar-refractivity contribution is 9.10. The summed E-state index contributed by atoms with van der Waals surface area (Å²) >= 11 is 9.32. The second-order valence-electron chi connectivity index (χ2n) is 2.40. The lowest BCUT2D eigenvalue weighted by Crippen LogP contribution is -1.91. The highest BCUT2D eigenvalue weighted by Crippen LogP contribution is 2.24. The predicted octanol–water partition coefficient (Wildman–Crippen LogP) is 3.96. The van der Waals surface area contributed by atoms with Crippen LogP contribution < -0.4 is 0 Å². The van der Waals surface area contributed by atoms with Crippen molar-refractivity contribution in [3.63, 3.8) is 0 Å². The molecule has 3 nitrogen and oxygen atoms in total. The first-order chi connectivity index (χ1) is 6.25. The zero-order valence-electron chi connectivity index (χ0n) is 6.74. The smallest absolute Gasteiger partial charge is 0.0449 e. The van der Waals surface area contributed by atoms with Crippen LogP contribution in [-0.4, -0.2) is 6.54 Å². The largest absolute Gasteiger partial charge is 0.0936 e. The molecular formula is C8H7BrClN3. The van der Waals surface area contributed by atoms with Crippen molar-refractivity contribution >= 4 is 27.5 Å². The number of azide groups is 1. The molecular weight excluding hydrogens is 253 g/mol. The maximum absolute atomic E-state index is 8.10. The van der Waals surface area contributed by atoms with Crippen molar-refractivity contribution in [2.75, 3.05) is 6.54 Å². The van der Waals surface area contributed by atoms with E-state index in [0.29, 0.717) is 18.0 Å². The summed E-state index contributed by atoms with van der Waals surface area (Å²) in [6, 6.07) is 5.60. The summed E-state index contributed by atoms with van der Waals surface area (Å²) in [5.41, 5.74) is 9.08. The van der Waals surface area contributed by atoms with Gasteiger partial charge in [-0.1, -0.05) is 38.7 Å². The van der Waals surface area contributed by atoms with E-state index in [1.807, 2.05) is 18.2 Å². The van der Waals surface area contributed by atoms with Gasteiger partial charge in [-0.15, -0.1) is 0 Å². The third kappa shape index (κ3) is 2.92. The molecule has 0 aliphatic rings. The van der Waals surface area contributed by atoms with Crippen LogP contribution in [0.1, 0.15) is 5.56 Å². The highest BCUT2D eigenvalue weighted by Gasteiger charge is 2.02. The molecule has 0 bridgehead atoms. The van der Waals surface area contributed by atoms with Crippen LogP contribution in [0.4, 0.5) is 0 Å². The lowest BCUT2D eigenvalue weighted by Gasteiger charge is -2.03. The molecule has 0 unspecified atom stereocenters. The summed E-state index contributed by atoms with van der Waals surface area (Å²) in [7, 11) is 0. The van der Waals surface area contributed by atoms with Crippen LogP contribution in [0.3, 0.4) is 0 Å². The monoisotopic (exact) mass is 259 g/mol. The zero-order chi connectivity index (χ0) is 9.68. The molecule has 0 aliphatic carbocycles. The van der Waals surface area contributed by atoms with Gasteiger partial charge in [0.15, 0.2) is 0 Å². The van der Waals surface area contributed by atoms with Gasteiger partial charge in [0.05, 0.1) is 0 Å². The van der Waals surface area contributed by atoms with E-state index in [9.17, 15) is 0 Å². The van der Waals surface area contributed by atoms with Crippen LogP contribution in [0.5, 0.6) is 0 Å². The van der Waals surface area contributed by atoms with Gasteiger partial charge in [-0.2, -0.15) is 0 Å². The molecule has 0 aromatic heterocycles. The fourth-order valence-corrected chi connectivity index (χ4v) is 1.93. The number of halogens is 2. The number of nitrogens with zero attached hydrogens (tertiary/aromatic N) is 3. The van der Waals surface area contributed by atoms with Gasteiger partial charge in [0.25, 0.3) is 0 Å². The van der Waals surface area contributed by atoms with Gasteiger partial charge in [0, 0.05) is 21.0 Å². The molecule has 0 aliphatic heterocycles. The maximum Gasteiger partial charge on any atom is 0.0449 e. The number of rotatable bonds is 3. The lowest BCUT2D eigenvalue weighted by molar-refractivity contribution is 0.951. The second-order valence-corrected chi connectivity index (χ2v) is 3.67. The van der Waals surface area contributed by atoms with Gasteiger partial charge < -0.3 is 0 Å². The van der Waals surface area contributed by atoms with Gasteiger partial charge in [0.1, 0.15) is 0 Å². The van der Waals surface area contributed by atoms with Crippen LogP contribution in [0.2, 0.25) is 5.02 Å². The first-order valence-electron chi connectivity index (χ1n) is 3.69. The van der Waals surface area contributed by atoms with Crippen molar-refractivity contribution in [1.82, 2.24) is 0 Å². The Morgan fingerprint density at radius 1 is 1.54 bits per heavy atom. The fourth-order valence-electron chi connectivity index (χ4n) is 0.978. The molecule has 1 aromatic carbocycles. The highest BCUT2D eigenvalue weighted by atomic mass is 79.9. The molecule has 0 N–H and O–H groups in total. The van der Waals surface area contributed by atoms with Crippen molar-refractivity contribution < 1.29 is 0 Å². The first-order valence-corrected chi connectivity index (χ1v) is 4.86. The molecule has 0 spiro atoms. The standard InChI is InChI=1S/C8H7BrClN3/c9-7-2-1-3-8(10)6(7)4-5-12-13-11/h1-3H,4-5H2. The Balaban J connectivity index is 2.80. The van der Waals surface area contributed by atoms with Gasteiger partial charge in [-0.25, -0.2) is 0 Å². The van der Waals surface area contributed by atoms with E-state index in [1.54, 1.807) is 0 Å². The number of hydrogen-bond donors (Lipinski definition) is 0. The van der Waals surface area contributed by atoms with Crippen molar-refractivity contribution in [2.45, 2.75) is 6.42 Å². The summed E-state index contributed by atoms with van der Waals surface area (Å²) in [6.07, 6.45) is 0.657. The Hall–Kier alpha value is -0.700. The van der Waals surface area contributed by atoms with E-state index in [0.717, 1.165) is 10.0 Å². The molecule has 0 amide bonds. The second kappa shape index (κ2) is 5.12. The van der Waals surface area contributed by atoms with Crippen LogP contribution >= 0.6 is 27.5 Å². The van der Waals surface area contributed by atoms with E-state index in [-0.39, 0.29) is 0 Å². The average molecular weight is 261 g/mol. The summed E-state index contributed by atoms with van der Waals surface area (Å²) in [5.74, 6) is 0. The normalized spacial score (nSPS) is 9.38. The summed E-state index contributed by atoms with van der Waals surface area (Å²) in [6.45, 7) is 0.429.